The Kier molecular flexibility index (Phi) is 6.03. The molecule has 3 N–H and O–H groups in total. The summed E-state index contributed by atoms with van der Waals surface area (Å²) in [7, 11) is 1.72. The predicted molar refractivity (Wildman–Crippen MR) is 80.1 cm³/mol. The number of hydrogen-bond donors (Lipinski definition) is 2. The van der Waals surface area contributed by atoms with Crippen LogP contribution in [-0.4, -0.2) is 36.3 Å². The van der Waals surface area contributed by atoms with Crippen LogP contribution in [0, 0.1) is 0 Å². The normalized spacial score (nSPS) is 11.8. The Morgan fingerprint density at radius 2 is 2.10 bits per heavy atom. The largest absolute Gasteiger partial charge is 0.399 e. The van der Waals surface area contributed by atoms with Gasteiger partial charge in [0.05, 0.1) is 0 Å². The Morgan fingerprint density at radius 3 is 2.70 bits per heavy atom. The number of aryl methyl sites for hydroxylation is 1. The van der Waals surface area contributed by atoms with Crippen molar-refractivity contribution in [1.29, 1.82) is 0 Å². The molecule has 5 nitrogen and oxygen atoms in total. The topological polar surface area (TPSA) is 75.4 Å². The number of rotatable bonds is 6. The van der Waals surface area contributed by atoms with Gasteiger partial charge in [0.2, 0.25) is 11.8 Å². The summed E-state index contributed by atoms with van der Waals surface area (Å²) in [5.41, 5.74) is 7.39. The number of nitrogens with two attached hydrogens (primary N) is 1. The number of carbonyl (C=O) groups excluding carboxylic acids is 2. The maximum Gasteiger partial charge on any atom is 0.244 e. The van der Waals surface area contributed by atoms with E-state index in [4.69, 9.17) is 5.73 Å². The second-order valence-corrected chi connectivity index (χ2v) is 4.89. The molecule has 0 heterocycles. The quantitative estimate of drug-likeness (QED) is 0.767. The van der Waals surface area contributed by atoms with Gasteiger partial charge in [-0.2, -0.15) is 0 Å². The number of carbonyl (C=O) groups is 2. The first-order valence-electron chi connectivity index (χ1n) is 6.82. The lowest BCUT2D eigenvalue weighted by Crippen LogP contribution is -2.45. The van der Waals surface area contributed by atoms with Crippen LogP contribution in [0.4, 0.5) is 5.69 Å². The molecular formula is C15H23N3O2. The van der Waals surface area contributed by atoms with Gasteiger partial charge in [0.25, 0.3) is 0 Å². The predicted octanol–water partition coefficient (Wildman–Crippen LogP) is 1.18. The summed E-state index contributed by atoms with van der Waals surface area (Å²) in [6.07, 6.45) is 0.957. The van der Waals surface area contributed by atoms with Gasteiger partial charge in [-0.3, -0.25) is 9.59 Å². The lowest BCUT2D eigenvalue weighted by atomic mass is 10.1. The number of benzene rings is 1. The van der Waals surface area contributed by atoms with E-state index in [9.17, 15) is 9.59 Å². The second-order valence-electron chi connectivity index (χ2n) is 4.89. The van der Waals surface area contributed by atoms with Gasteiger partial charge in [-0.1, -0.05) is 12.1 Å². The van der Waals surface area contributed by atoms with Crippen LogP contribution in [0.15, 0.2) is 24.3 Å². The zero-order valence-electron chi connectivity index (χ0n) is 12.3. The molecular weight excluding hydrogens is 254 g/mol. The Bertz CT molecular complexity index is 474. The molecule has 0 aliphatic carbocycles. The van der Waals surface area contributed by atoms with Crippen molar-refractivity contribution in [3.8, 4) is 0 Å². The van der Waals surface area contributed by atoms with E-state index >= 15 is 0 Å². The van der Waals surface area contributed by atoms with Crippen LogP contribution in [0.2, 0.25) is 0 Å². The van der Waals surface area contributed by atoms with Crippen molar-refractivity contribution in [1.82, 2.24) is 10.2 Å². The third kappa shape index (κ3) is 4.91. The molecule has 1 rings (SSSR count). The van der Waals surface area contributed by atoms with Crippen LogP contribution in [0.1, 0.15) is 25.8 Å². The molecule has 0 fully saturated rings. The molecule has 20 heavy (non-hydrogen) atoms. The highest BCUT2D eigenvalue weighted by atomic mass is 16.2. The summed E-state index contributed by atoms with van der Waals surface area (Å²) in [6.45, 7) is 4.22. The SMILES string of the molecule is CCN(C)C(=O)C(C)NC(=O)CCc1cccc(N)c1. The maximum absolute atomic E-state index is 11.8. The first-order chi connectivity index (χ1) is 9.43. The molecule has 1 aromatic carbocycles. The first kappa shape index (κ1) is 16.0. The van der Waals surface area contributed by atoms with Gasteiger partial charge in [-0.25, -0.2) is 0 Å². The zero-order chi connectivity index (χ0) is 15.1. The Morgan fingerprint density at radius 1 is 1.40 bits per heavy atom. The van der Waals surface area contributed by atoms with Gasteiger partial charge in [0, 0.05) is 25.7 Å². The molecule has 110 valence electrons. The number of likely N-dealkylation sites (N-methyl/N-ethyl adjacent to an activating group) is 1. The van der Waals surface area contributed by atoms with E-state index in [-0.39, 0.29) is 11.8 Å². The summed E-state index contributed by atoms with van der Waals surface area (Å²) in [5, 5.41) is 2.72. The molecule has 0 saturated heterocycles. The van der Waals surface area contributed by atoms with E-state index in [0.29, 0.717) is 25.1 Å². The monoisotopic (exact) mass is 277 g/mol. The summed E-state index contributed by atoms with van der Waals surface area (Å²) in [6, 6.07) is 6.97. The number of anilines is 1. The van der Waals surface area contributed by atoms with Crippen LogP contribution in [0.5, 0.6) is 0 Å². The summed E-state index contributed by atoms with van der Waals surface area (Å²) >= 11 is 0. The van der Waals surface area contributed by atoms with Crippen molar-refractivity contribution in [2.45, 2.75) is 32.7 Å². The van der Waals surface area contributed by atoms with Gasteiger partial charge in [0.15, 0.2) is 0 Å². The number of hydrogen-bond acceptors (Lipinski definition) is 3. The third-order valence-corrected chi connectivity index (χ3v) is 3.19. The Hall–Kier alpha value is -2.04. The van der Waals surface area contributed by atoms with Crippen LogP contribution >= 0.6 is 0 Å². The standard InChI is InChI=1S/C15H23N3O2/c1-4-18(3)15(20)11(2)17-14(19)9-8-12-6-5-7-13(16)10-12/h5-7,10-11H,4,8-9,16H2,1-3H3,(H,17,19). The van der Waals surface area contributed by atoms with Crippen molar-refractivity contribution in [3.05, 3.63) is 29.8 Å². The minimum absolute atomic E-state index is 0.0789. The molecule has 0 spiro atoms. The molecule has 0 bridgehead atoms. The lowest BCUT2D eigenvalue weighted by Gasteiger charge is -2.20. The summed E-state index contributed by atoms with van der Waals surface area (Å²) in [4.78, 5) is 25.2. The number of nitrogen functional groups attached to an aromatic ring is 1. The van der Waals surface area contributed by atoms with Crippen LogP contribution < -0.4 is 11.1 Å². The third-order valence-electron chi connectivity index (χ3n) is 3.19. The number of nitrogens with one attached hydrogen (secondary N) is 1. The highest BCUT2D eigenvalue weighted by molar-refractivity contribution is 5.87. The molecule has 1 atom stereocenters. The summed E-state index contributed by atoms with van der Waals surface area (Å²) in [5.74, 6) is -0.206. The fraction of sp³-hybridized carbons (Fsp3) is 0.467. The summed E-state index contributed by atoms with van der Waals surface area (Å²) < 4.78 is 0. The zero-order valence-corrected chi connectivity index (χ0v) is 12.3. The van der Waals surface area contributed by atoms with Crippen LogP contribution in [-0.2, 0) is 16.0 Å². The molecule has 0 aliphatic heterocycles. The molecule has 0 saturated carbocycles. The van der Waals surface area contributed by atoms with Crippen LogP contribution in [0.3, 0.4) is 0 Å². The van der Waals surface area contributed by atoms with Crippen molar-refractivity contribution in [2.24, 2.45) is 0 Å². The van der Waals surface area contributed by atoms with Gasteiger partial charge in [-0.05, 0) is 38.0 Å². The van der Waals surface area contributed by atoms with Gasteiger partial charge in [0.1, 0.15) is 6.04 Å². The van der Waals surface area contributed by atoms with Gasteiger partial charge < -0.3 is 16.0 Å². The van der Waals surface area contributed by atoms with Gasteiger partial charge in [-0.15, -0.1) is 0 Å². The van der Waals surface area contributed by atoms with Crippen LogP contribution in [0.25, 0.3) is 0 Å². The Balaban J connectivity index is 2.42. The van der Waals surface area contributed by atoms with E-state index in [0.717, 1.165) is 5.56 Å². The van der Waals surface area contributed by atoms with Crippen molar-refractivity contribution in [3.63, 3.8) is 0 Å². The molecule has 0 aliphatic rings. The maximum atomic E-state index is 11.8. The van der Waals surface area contributed by atoms with E-state index in [1.807, 2.05) is 31.2 Å². The fourth-order valence-corrected chi connectivity index (χ4v) is 1.87. The molecule has 2 amide bonds. The van der Waals surface area contributed by atoms with Crippen molar-refractivity contribution < 1.29 is 9.59 Å². The van der Waals surface area contributed by atoms with Crippen molar-refractivity contribution >= 4 is 17.5 Å². The lowest BCUT2D eigenvalue weighted by molar-refractivity contribution is -0.134. The molecule has 1 aromatic rings. The highest BCUT2D eigenvalue weighted by Crippen LogP contribution is 2.08. The average molecular weight is 277 g/mol. The minimum Gasteiger partial charge on any atom is -0.399 e. The first-order valence-corrected chi connectivity index (χ1v) is 6.82. The van der Waals surface area contributed by atoms with Gasteiger partial charge >= 0.3 is 0 Å². The van der Waals surface area contributed by atoms with Crippen molar-refractivity contribution in [2.75, 3.05) is 19.3 Å². The van der Waals surface area contributed by atoms with E-state index in [2.05, 4.69) is 5.32 Å². The fourth-order valence-electron chi connectivity index (χ4n) is 1.87. The average Bonchev–Trinajstić information content (AvgIpc) is 2.43. The second kappa shape index (κ2) is 7.53. The molecule has 1 unspecified atom stereocenters. The number of amides is 2. The Labute approximate surface area is 120 Å². The van der Waals surface area contributed by atoms with E-state index in [1.54, 1.807) is 18.9 Å². The molecule has 0 aromatic heterocycles. The van der Waals surface area contributed by atoms with E-state index < -0.39 is 6.04 Å². The number of nitrogens with zero attached hydrogens (tertiary/aromatic N) is 1. The molecule has 5 heteroatoms. The minimum atomic E-state index is -0.492. The van der Waals surface area contributed by atoms with E-state index in [1.165, 1.54) is 0 Å². The highest BCUT2D eigenvalue weighted by Gasteiger charge is 2.18. The smallest absolute Gasteiger partial charge is 0.244 e. The molecule has 0 radical (unpaired) electrons.